The molecular weight excluding hydrogens is 600 g/mol. The Morgan fingerprint density at radius 3 is 2.47 bits per heavy atom. The summed E-state index contributed by atoms with van der Waals surface area (Å²) in [5, 5.41) is 4.52. The Morgan fingerprint density at radius 2 is 1.74 bits per heavy atom. The Morgan fingerprint density at radius 1 is 0.930 bits per heavy atom. The van der Waals surface area contributed by atoms with Crippen molar-refractivity contribution in [1.29, 1.82) is 0 Å². The van der Waals surface area contributed by atoms with Crippen LogP contribution in [-0.4, -0.2) is 27.5 Å². The van der Waals surface area contributed by atoms with E-state index in [1.807, 2.05) is 60.1 Å². The van der Waals surface area contributed by atoms with Gasteiger partial charge in [-0.2, -0.15) is 11.3 Å². The molecule has 228 valence electrons. The van der Waals surface area contributed by atoms with Gasteiger partial charge in [0.2, 0.25) is 15.9 Å². The lowest BCUT2D eigenvalue weighted by Crippen LogP contribution is -2.32. The molecule has 0 aliphatic rings. The fourth-order valence-corrected chi connectivity index (χ4v) is 6.64. The van der Waals surface area contributed by atoms with Crippen LogP contribution in [0.5, 0.6) is 5.75 Å². The first-order chi connectivity index (χ1) is 20.8. The maximum atomic E-state index is 13.8. The van der Waals surface area contributed by atoms with Gasteiger partial charge in [-0.1, -0.05) is 69.0 Å². The Balaban J connectivity index is 1.60. The number of unbranched alkanes of at least 4 members (excludes halogenated alkanes) is 3. The van der Waals surface area contributed by atoms with Crippen LogP contribution in [0.25, 0.3) is 11.1 Å². The van der Waals surface area contributed by atoms with Crippen molar-refractivity contribution >= 4 is 44.6 Å². The highest BCUT2D eigenvalue weighted by molar-refractivity contribution is 7.89. The Hall–Kier alpha value is -3.17. The number of sulfonamides is 1. The molecule has 1 aromatic heterocycles. The van der Waals surface area contributed by atoms with Crippen molar-refractivity contribution in [3.63, 3.8) is 0 Å². The summed E-state index contributed by atoms with van der Waals surface area (Å²) >= 11 is 7.93. The molecule has 3 aromatic carbocycles. The minimum atomic E-state index is -3.58. The van der Waals surface area contributed by atoms with E-state index in [1.165, 1.54) is 0 Å². The van der Waals surface area contributed by atoms with E-state index in [9.17, 15) is 13.2 Å². The van der Waals surface area contributed by atoms with Crippen LogP contribution in [0.15, 0.2) is 88.5 Å². The molecule has 9 heteroatoms. The maximum Gasteiger partial charge on any atom is 0.240 e. The van der Waals surface area contributed by atoms with Crippen LogP contribution in [0.4, 0.5) is 5.69 Å². The second kappa shape index (κ2) is 16.1. The molecule has 1 amide bonds. The van der Waals surface area contributed by atoms with Gasteiger partial charge >= 0.3 is 0 Å². The van der Waals surface area contributed by atoms with E-state index >= 15 is 0 Å². The monoisotopic (exact) mass is 638 g/mol. The molecule has 0 fully saturated rings. The number of hydrogen-bond acceptors (Lipinski definition) is 5. The van der Waals surface area contributed by atoms with Crippen LogP contribution in [0.1, 0.15) is 57.1 Å². The number of amides is 1. The Kier molecular flexibility index (Phi) is 12.2. The summed E-state index contributed by atoms with van der Waals surface area (Å²) in [5.74, 6) is 0.648. The number of carbonyl (C=O) groups is 1. The number of carbonyl (C=O) groups excluding carboxylic acids is 1. The van der Waals surface area contributed by atoms with E-state index in [1.54, 1.807) is 46.6 Å². The van der Waals surface area contributed by atoms with Gasteiger partial charge < -0.3 is 9.64 Å². The number of rotatable bonds is 16. The van der Waals surface area contributed by atoms with Gasteiger partial charge in [0, 0.05) is 22.8 Å². The Labute approximate surface area is 264 Å². The number of anilines is 1. The fourth-order valence-electron chi connectivity index (χ4n) is 4.70. The summed E-state index contributed by atoms with van der Waals surface area (Å²) in [4.78, 5) is 15.7. The van der Waals surface area contributed by atoms with Gasteiger partial charge in [-0.25, -0.2) is 13.1 Å². The Bertz CT molecular complexity index is 1570. The molecule has 0 aliphatic carbocycles. The van der Waals surface area contributed by atoms with Crippen molar-refractivity contribution in [2.75, 3.05) is 18.1 Å². The van der Waals surface area contributed by atoms with Gasteiger partial charge in [-0.15, -0.1) is 0 Å². The molecule has 1 heterocycles. The first kappa shape index (κ1) is 32.7. The van der Waals surface area contributed by atoms with Crippen LogP contribution >= 0.6 is 22.9 Å². The molecule has 0 bridgehead atoms. The summed E-state index contributed by atoms with van der Waals surface area (Å²) < 4.78 is 34.2. The molecular formula is C34H39ClN2O4S2. The van der Waals surface area contributed by atoms with Gasteiger partial charge in [0.1, 0.15) is 5.75 Å². The van der Waals surface area contributed by atoms with E-state index in [-0.39, 0.29) is 23.8 Å². The predicted octanol–water partition coefficient (Wildman–Crippen LogP) is 8.49. The lowest BCUT2D eigenvalue weighted by Gasteiger charge is -2.25. The summed E-state index contributed by atoms with van der Waals surface area (Å²) in [6.45, 7) is 5.45. The zero-order valence-electron chi connectivity index (χ0n) is 24.7. The first-order valence-corrected chi connectivity index (χ1v) is 17.5. The highest BCUT2D eigenvalue weighted by Gasteiger charge is 2.20. The van der Waals surface area contributed by atoms with Crippen molar-refractivity contribution in [3.8, 4) is 16.9 Å². The zero-order chi connectivity index (χ0) is 30.7. The second-order valence-corrected chi connectivity index (χ2v) is 13.4. The molecule has 0 unspecified atom stereocenters. The van der Waals surface area contributed by atoms with E-state index in [4.69, 9.17) is 16.3 Å². The fraction of sp³-hybridized carbons (Fsp3) is 0.324. The lowest BCUT2D eigenvalue weighted by molar-refractivity contribution is -0.118. The van der Waals surface area contributed by atoms with E-state index in [0.29, 0.717) is 23.9 Å². The molecule has 43 heavy (non-hydrogen) atoms. The molecule has 1 N–H and O–H groups in total. The number of nitrogens with zero attached hydrogens (tertiary/aromatic N) is 1. The standard InChI is InChI=1S/C34H39ClN2O4S2/c1-3-5-6-7-18-36-43(39,40)32-14-11-27(12-15-32)28-9-8-10-31(23-28)37(34(38)21-26-17-20-42-25-26)24-29-22-30(35)13-16-33(29)41-19-4-2/h8-17,20,22-23,25,36H,3-7,18-19,21,24H2,1-2H3. The molecule has 0 saturated heterocycles. The van der Waals surface area contributed by atoms with Crippen LogP contribution < -0.4 is 14.4 Å². The molecule has 6 nitrogen and oxygen atoms in total. The first-order valence-electron chi connectivity index (χ1n) is 14.7. The lowest BCUT2D eigenvalue weighted by atomic mass is 10.0. The molecule has 0 radical (unpaired) electrons. The minimum absolute atomic E-state index is 0.0524. The molecule has 0 saturated carbocycles. The highest BCUT2D eigenvalue weighted by atomic mass is 35.5. The second-order valence-electron chi connectivity index (χ2n) is 10.4. The summed E-state index contributed by atoms with van der Waals surface area (Å²) in [6.07, 6.45) is 5.15. The largest absolute Gasteiger partial charge is 0.493 e. The number of hydrogen-bond donors (Lipinski definition) is 1. The molecule has 0 spiro atoms. The third kappa shape index (κ3) is 9.41. The van der Waals surface area contributed by atoms with Gasteiger partial charge in [-0.3, -0.25) is 4.79 Å². The van der Waals surface area contributed by atoms with Gasteiger partial charge in [0.05, 0.1) is 24.5 Å². The van der Waals surface area contributed by atoms with Gasteiger partial charge in [0.15, 0.2) is 0 Å². The maximum absolute atomic E-state index is 13.8. The van der Waals surface area contributed by atoms with E-state index < -0.39 is 10.0 Å². The number of halogens is 1. The van der Waals surface area contributed by atoms with Crippen molar-refractivity contribution in [2.45, 2.75) is 63.8 Å². The third-order valence-corrected chi connectivity index (χ3v) is 9.47. The number of ether oxygens (including phenoxy) is 1. The van der Waals surface area contributed by atoms with Crippen LogP contribution in [0, 0.1) is 0 Å². The normalized spacial score (nSPS) is 11.4. The van der Waals surface area contributed by atoms with Crippen molar-refractivity contribution in [2.24, 2.45) is 0 Å². The number of nitrogens with one attached hydrogen (secondary N) is 1. The zero-order valence-corrected chi connectivity index (χ0v) is 27.1. The minimum Gasteiger partial charge on any atom is -0.493 e. The van der Waals surface area contributed by atoms with Crippen LogP contribution in [0.3, 0.4) is 0 Å². The van der Waals surface area contributed by atoms with E-state index in [2.05, 4.69) is 11.6 Å². The molecule has 4 aromatic rings. The summed E-state index contributed by atoms with van der Waals surface area (Å²) in [7, 11) is -3.58. The van der Waals surface area contributed by atoms with E-state index in [0.717, 1.165) is 60.0 Å². The highest BCUT2D eigenvalue weighted by Crippen LogP contribution is 2.31. The average molecular weight is 639 g/mol. The van der Waals surface area contributed by atoms with Gasteiger partial charge in [-0.05, 0) is 88.8 Å². The van der Waals surface area contributed by atoms with Gasteiger partial charge in [0.25, 0.3) is 0 Å². The number of benzene rings is 3. The predicted molar refractivity (Wildman–Crippen MR) is 178 cm³/mol. The summed E-state index contributed by atoms with van der Waals surface area (Å²) in [6, 6.07) is 22.0. The number of thiophene rings is 1. The average Bonchev–Trinajstić information content (AvgIpc) is 3.52. The van der Waals surface area contributed by atoms with Crippen molar-refractivity contribution in [1.82, 2.24) is 4.72 Å². The summed E-state index contributed by atoms with van der Waals surface area (Å²) in [5.41, 5.74) is 4.23. The third-order valence-electron chi connectivity index (χ3n) is 7.03. The van der Waals surface area contributed by atoms with Crippen LogP contribution in [-0.2, 0) is 27.8 Å². The van der Waals surface area contributed by atoms with Crippen molar-refractivity contribution in [3.05, 3.63) is 99.7 Å². The molecule has 4 rings (SSSR count). The van der Waals surface area contributed by atoms with Crippen molar-refractivity contribution < 1.29 is 17.9 Å². The molecule has 0 aliphatic heterocycles. The van der Waals surface area contributed by atoms with Crippen LogP contribution in [0.2, 0.25) is 5.02 Å². The SMILES string of the molecule is CCCCCCNS(=O)(=O)c1ccc(-c2cccc(N(Cc3cc(Cl)ccc3OCCC)C(=O)Cc3ccsc3)c2)cc1. The topological polar surface area (TPSA) is 75.7 Å². The smallest absolute Gasteiger partial charge is 0.240 e. The molecule has 0 atom stereocenters. The quantitative estimate of drug-likeness (QED) is 0.125.